The van der Waals surface area contributed by atoms with Crippen LogP contribution in [0.15, 0.2) is 0 Å². The van der Waals surface area contributed by atoms with Crippen molar-refractivity contribution in [3.05, 3.63) is 0 Å². The first-order valence-electron chi connectivity index (χ1n) is 13.7. The van der Waals surface area contributed by atoms with Gasteiger partial charge in [-0.05, 0) is 6.42 Å². The van der Waals surface area contributed by atoms with E-state index < -0.39 is 106 Å². The zero-order chi connectivity index (χ0) is 31.7. The first-order chi connectivity index (χ1) is 19.8. The molecule has 2 aliphatic rings. The van der Waals surface area contributed by atoms with E-state index in [0.717, 1.165) is 19.3 Å². The van der Waals surface area contributed by atoms with E-state index in [1.807, 2.05) is 6.92 Å². The molecule has 0 unspecified atom stereocenters. The molecule has 14 atom stereocenters. The molecule has 2 aliphatic heterocycles. The van der Waals surface area contributed by atoms with Crippen LogP contribution in [-0.4, -0.2) is 184 Å². The molecule has 248 valence electrons. The second kappa shape index (κ2) is 18.0. The molecule has 2 saturated heterocycles. The maximum atomic E-state index is 10.9. The average Bonchev–Trinajstić information content (AvgIpc) is 2.97. The predicted octanol–water partition coefficient (Wildman–Crippen LogP) is -5.22. The third-order valence-electron chi connectivity index (χ3n) is 7.26. The Labute approximate surface area is 254 Å². The quantitative estimate of drug-likeness (QED) is 0.0423. The molecule has 11 N–H and O–H groups in total. The average molecular weight is 652 g/mol. The van der Waals surface area contributed by atoms with Crippen molar-refractivity contribution in [1.29, 1.82) is 0 Å². The summed E-state index contributed by atoms with van der Waals surface area (Å²) in [7, 11) is 0. The molecule has 0 bridgehead atoms. The SMILES string of the molecule is CCCCCN(C[C@H](O)[C@@H](O)[C@H](O[C@H]1O[C@H](CO)[C@@H](O[C@H]2O[C@H](CO)[C@@H](O)[C@H](O)[C@H]2O)[C@H](O)[C@H]1O)[C@H](O)CO)C(=S)S. The number of nitrogens with zero attached hydrogens (tertiary/aromatic N) is 1. The van der Waals surface area contributed by atoms with E-state index in [1.54, 1.807) is 0 Å². The van der Waals surface area contributed by atoms with Crippen LogP contribution < -0.4 is 0 Å². The lowest BCUT2D eigenvalue weighted by Gasteiger charge is -2.46. The molecule has 16 nitrogen and oxygen atoms in total. The standard InChI is InChI=1S/C24H45NO15S2/c1-2-3-4-5-25(24(41)42)6-10(29)14(31)20(11(30)7-26)39-23-19(36)17(34)21(13(9-28)38-23)40-22-18(35)16(33)15(32)12(8-27)37-22/h10-23,26-36H,2-9H2,1H3,(H,41,42)/t10-,11+,12+,13+,14+,15+,16-,17+,18+,19+,20+,21+,22+,23+/m0/s1. The molecule has 2 fully saturated rings. The van der Waals surface area contributed by atoms with Crippen molar-refractivity contribution < 1.29 is 75.1 Å². The minimum atomic E-state index is -1.98. The largest absolute Gasteiger partial charge is 0.394 e. The van der Waals surface area contributed by atoms with E-state index in [1.165, 1.54) is 4.90 Å². The molecular formula is C24H45NO15S2. The normalized spacial score (nSPS) is 36.7. The number of aliphatic hydroxyl groups is 11. The Balaban J connectivity index is 2.16. The van der Waals surface area contributed by atoms with Gasteiger partial charge in [-0.15, -0.1) is 12.6 Å². The smallest absolute Gasteiger partial charge is 0.187 e. The van der Waals surface area contributed by atoms with Crippen LogP contribution in [0, 0.1) is 0 Å². The number of unbranched alkanes of at least 4 members (excludes halogenated alkanes) is 2. The van der Waals surface area contributed by atoms with Gasteiger partial charge in [0.25, 0.3) is 0 Å². The fourth-order valence-electron chi connectivity index (χ4n) is 4.70. The number of hydrogen-bond donors (Lipinski definition) is 12. The van der Waals surface area contributed by atoms with Crippen molar-refractivity contribution in [3.8, 4) is 0 Å². The van der Waals surface area contributed by atoms with E-state index in [2.05, 4.69) is 12.6 Å². The highest BCUT2D eigenvalue weighted by atomic mass is 32.1. The van der Waals surface area contributed by atoms with Crippen molar-refractivity contribution in [2.75, 3.05) is 32.9 Å². The number of rotatable bonds is 16. The fourth-order valence-corrected chi connectivity index (χ4v) is 5.04. The van der Waals surface area contributed by atoms with Gasteiger partial charge in [0.2, 0.25) is 0 Å². The van der Waals surface area contributed by atoms with E-state index in [0.29, 0.717) is 6.54 Å². The fraction of sp³-hybridized carbons (Fsp3) is 0.958. The maximum Gasteiger partial charge on any atom is 0.187 e. The molecule has 0 spiro atoms. The second-order valence-corrected chi connectivity index (χ2v) is 11.5. The van der Waals surface area contributed by atoms with Crippen LogP contribution in [0.1, 0.15) is 26.2 Å². The van der Waals surface area contributed by atoms with Gasteiger partial charge in [0, 0.05) is 13.1 Å². The lowest BCUT2D eigenvalue weighted by Crippen LogP contribution is -2.65. The van der Waals surface area contributed by atoms with Crippen LogP contribution in [0.5, 0.6) is 0 Å². The Morgan fingerprint density at radius 2 is 1.43 bits per heavy atom. The van der Waals surface area contributed by atoms with E-state index in [-0.39, 0.29) is 10.9 Å². The third kappa shape index (κ3) is 9.57. The van der Waals surface area contributed by atoms with Crippen LogP contribution in [0.25, 0.3) is 0 Å². The molecule has 0 radical (unpaired) electrons. The predicted molar refractivity (Wildman–Crippen MR) is 149 cm³/mol. The van der Waals surface area contributed by atoms with Crippen molar-refractivity contribution in [3.63, 3.8) is 0 Å². The monoisotopic (exact) mass is 651 g/mol. The molecule has 2 heterocycles. The molecule has 0 aliphatic carbocycles. The summed E-state index contributed by atoms with van der Waals surface area (Å²) in [6.07, 6.45) is -21.7. The molecule has 0 amide bonds. The Morgan fingerprint density at radius 3 is 1.98 bits per heavy atom. The zero-order valence-electron chi connectivity index (χ0n) is 23.1. The lowest BCUT2D eigenvalue weighted by atomic mass is 9.96. The topological polar surface area (TPSA) is 263 Å². The van der Waals surface area contributed by atoms with Crippen molar-refractivity contribution in [2.45, 2.75) is 112 Å². The van der Waals surface area contributed by atoms with Crippen molar-refractivity contribution >= 4 is 29.2 Å². The summed E-state index contributed by atoms with van der Waals surface area (Å²) >= 11 is 9.24. The van der Waals surface area contributed by atoms with Gasteiger partial charge in [-0.25, -0.2) is 0 Å². The number of hydrogen-bond acceptors (Lipinski definition) is 16. The summed E-state index contributed by atoms with van der Waals surface area (Å²) in [6.45, 7) is -0.318. The van der Waals surface area contributed by atoms with Crippen molar-refractivity contribution in [2.24, 2.45) is 0 Å². The summed E-state index contributed by atoms with van der Waals surface area (Å²) in [5.74, 6) is 0. The molecule has 0 saturated carbocycles. The van der Waals surface area contributed by atoms with Crippen LogP contribution in [0.4, 0.5) is 0 Å². The highest BCUT2D eigenvalue weighted by Gasteiger charge is 2.51. The van der Waals surface area contributed by atoms with Gasteiger partial charge in [-0.3, -0.25) is 0 Å². The Kier molecular flexibility index (Phi) is 16.2. The third-order valence-corrected chi connectivity index (χ3v) is 7.80. The number of ether oxygens (including phenoxy) is 4. The lowest BCUT2D eigenvalue weighted by molar-refractivity contribution is -0.367. The molecule has 0 aromatic carbocycles. The van der Waals surface area contributed by atoms with Gasteiger partial charge in [-0.1, -0.05) is 32.0 Å². The number of aliphatic hydroxyl groups excluding tert-OH is 11. The summed E-state index contributed by atoms with van der Waals surface area (Å²) in [5.41, 5.74) is 0. The highest BCUT2D eigenvalue weighted by molar-refractivity contribution is 8.10. The first kappa shape index (κ1) is 37.8. The molecule has 42 heavy (non-hydrogen) atoms. The molecular weight excluding hydrogens is 606 g/mol. The van der Waals surface area contributed by atoms with E-state index in [4.69, 9.17) is 31.2 Å². The molecule has 0 aromatic rings. The van der Waals surface area contributed by atoms with Gasteiger partial charge < -0.3 is 80.0 Å². The summed E-state index contributed by atoms with van der Waals surface area (Å²) < 4.78 is 21.9. The van der Waals surface area contributed by atoms with Gasteiger partial charge in [-0.2, -0.15) is 0 Å². The summed E-state index contributed by atoms with van der Waals surface area (Å²) in [6, 6.07) is 0. The van der Waals surface area contributed by atoms with Gasteiger partial charge in [0.05, 0.1) is 19.8 Å². The van der Waals surface area contributed by atoms with Gasteiger partial charge in [0.15, 0.2) is 12.6 Å². The molecule has 0 aromatic heterocycles. The number of thiocarbonyl (C=S) groups is 1. The summed E-state index contributed by atoms with van der Waals surface area (Å²) in [5, 5.41) is 113. The second-order valence-electron chi connectivity index (χ2n) is 10.3. The maximum absolute atomic E-state index is 10.9. The first-order valence-corrected chi connectivity index (χ1v) is 14.5. The molecule has 18 heteroatoms. The van der Waals surface area contributed by atoms with Crippen LogP contribution >= 0.6 is 24.8 Å². The van der Waals surface area contributed by atoms with Gasteiger partial charge >= 0.3 is 0 Å². The highest BCUT2D eigenvalue weighted by Crippen LogP contribution is 2.30. The van der Waals surface area contributed by atoms with Crippen LogP contribution in [-0.2, 0) is 18.9 Å². The zero-order valence-corrected chi connectivity index (χ0v) is 24.8. The molecule has 2 rings (SSSR count). The number of thiol groups is 1. The van der Waals surface area contributed by atoms with Crippen LogP contribution in [0.2, 0.25) is 0 Å². The van der Waals surface area contributed by atoms with E-state index >= 15 is 0 Å². The van der Waals surface area contributed by atoms with Crippen LogP contribution in [0.3, 0.4) is 0 Å². The van der Waals surface area contributed by atoms with E-state index in [9.17, 15) is 56.2 Å². The Bertz CT molecular complexity index is 801. The van der Waals surface area contributed by atoms with Crippen molar-refractivity contribution in [1.82, 2.24) is 4.90 Å². The van der Waals surface area contributed by atoms with Gasteiger partial charge in [0.1, 0.15) is 77.6 Å². The Morgan fingerprint density at radius 1 is 0.833 bits per heavy atom. The summed E-state index contributed by atoms with van der Waals surface area (Å²) in [4.78, 5) is 1.53. The minimum absolute atomic E-state index is 0.155. The Hall–Kier alpha value is -0.360. The minimum Gasteiger partial charge on any atom is -0.394 e.